The molecule has 12 heteroatoms. The molecule has 3 heterocycles. The summed E-state index contributed by atoms with van der Waals surface area (Å²) in [6, 6.07) is 26.6. The Kier molecular flexibility index (Phi) is 12.7. The van der Waals surface area contributed by atoms with Gasteiger partial charge in [0.05, 0.1) is 14.2 Å². The Morgan fingerprint density at radius 2 is 1.41 bits per heavy atom. The van der Waals surface area contributed by atoms with Crippen LogP contribution in [0.5, 0.6) is 11.5 Å². The molecule has 288 valence electrons. The van der Waals surface area contributed by atoms with E-state index in [-0.39, 0.29) is 18.4 Å². The van der Waals surface area contributed by atoms with Crippen molar-refractivity contribution in [3.05, 3.63) is 118 Å². The summed E-state index contributed by atoms with van der Waals surface area (Å²) in [4.78, 5) is 37.3. The second kappa shape index (κ2) is 17.6. The highest BCUT2D eigenvalue weighted by atomic mass is 16.8. The fraction of sp³-hybridized carbons (Fsp3) is 0.452. The van der Waals surface area contributed by atoms with Crippen LogP contribution < -0.4 is 20.6 Å². The lowest BCUT2D eigenvalue weighted by Gasteiger charge is -2.35. The van der Waals surface area contributed by atoms with E-state index in [1.807, 2.05) is 78.9 Å². The Balaban J connectivity index is 1.22. The lowest BCUT2D eigenvalue weighted by molar-refractivity contribution is -0.203. The van der Waals surface area contributed by atoms with E-state index in [0.717, 1.165) is 36.0 Å². The molecular formula is C42H51N3O9. The average Bonchev–Trinajstić information content (AvgIpc) is 3.68. The summed E-state index contributed by atoms with van der Waals surface area (Å²) in [7, 11) is 3.23. The van der Waals surface area contributed by atoms with Crippen LogP contribution in [0.3, 0.4) is 0 Å². The van der Waals surface area contributed by atoms with Crippen LogP contribution in [0.15, 0.2) is 95.9 Å². The standard InChI is InChI=1S/C42H51N3O9/c1-6-7-8-9-10-14-17-36(46)50-28-34-37-38(53-41(2,3)52-37)39(51-34)45-27-26-35(43-40(45)47)44-54-42(29-15-12-11-13-16-29,30-18-22-32(48-4)23-19-30)31-20-24-33(49-5)25-21-31/h11-13,15-16,18-27,34,37-39H,6-10,14,17,28H2,1-5H3,(H,43,44,47)/t34-,37+,38?,39-/m1/s1. The van der Waals surface area contributed by atoms with E-state index in [1.54, 1.807) is 40.3 Å². The van der Waals surface area contributed by atoms with E-state index in [4.69, 9.17) is 33.3 Å². The number of rotatable bonds is 18. The van der Waals surface area contributed by atoms with Crippen molar-refractivity contribution >= 4 is 11.8 Å². The largest absolute Gasteiger partial charge is 0.497 e. The summed E-state index contributed by atoms with van der Waals surface area (Å²) >= 11 is 0. The van der Waals surface area contributed by atoms with Crippen LogP contribution in [-0.4, -0.2) is 60.4 Å². The van der Waals surface area contributed by atoms with Gasteiger partial charge in [-0.05, 0) is 67.3 Å². The van der Waals surface area contributed by atoms with Gasteiger partial charge in [0, 0.05) is 12.6 Å². The molecule has 2 fully saturated rings. The third-order valence-corrected chi connectivity index (χ3v) is 9.85. The zero-order valence-corrected chi connectivity index (χ0v) is 31.7. The number of benzene rings is 3. The summed E-state index contributed by atoms with van der Waals surface area (Å²) in [5.74, 6) is 0.362. The van der Waals surface area contributed by atoms with Crippen LogP contribution in [0.25, 0.3) is 0 Å². The summed E-state index contributed by atoms with van der Waals surface area (Å²) in [5.41, 5.74) is 3.61. The van der Waals surface area contributed by atoms with Crippen LogP contribution in [0.1, 0.15) is 88.6 Å². The number of carbonyl (C=O) groups is 1. The number of ether oxygens (including phenoxy) is 6. The highest BCUT2D eigenvalue weighted by Crippen LogP contribution is 2.44. The molecule has 0 bridgehead atoms. The highest BCUT2D eigenvalue weighted by Gasteiger charge is 2.56. The fourth-order valence-electron chi connectivity index (χ4n) is 7.11. The van der Waals surface area contributed by atoms with E-state index >= 15 is 0 Å². The Bertz CT molecular complexity index is 1820. The second-order valence-corrected chi connectivity index (χ2v) is 14.0. The molecule has 1 unspecified atom stereocenters. The minimum absolute atomic E-state index is 0.0142. The summed E-state index contributed by atoms with van der Waals surface area (Å²) in [5, 5.41) is 0. The molecule has 6 rings (SSSR count). The van der Waals surface area contributed by atoms with E-state index < -0.39 is 41.6 Å². The van der Waals surface area contributed by atoms with Gasteiger partial charge in [0.2, 0.25) is 0 Å². The van der Waals surface area contributed by atoms with Gasteiger partial charge in [-0.1, -0.05) is 93.6 Å². The van der Waals surface area contributed by atoms with Crippen molar-refractivity contribution in [1.82, 2.24) is 9.55 Å². The molecule has 4 aromatic rings. The van der Waals surface area contributed by atoms with Crippen molar-refractivity contribution in [1.29, 1.82) is 0 Å². The van der Waals surface area contributed by atoms with Gasteiger partial charge in [0.25, 0.3) is 0 Å². The number of aromatic nitrogens is 2. The first-order valence-corrected chi connectivity index (χ1v) is 18.7. The number of hydrogen-bond donors (Lipinski definition) is 1. The van der Waals surface area contributed by atoms with Crippen LogP contribution in [0, 0.1) is 0 Å². The summed E-state index contributed by atoms with van der Waals surface area (Å²) in [6.07, 6.45) is 5.70. The minimum Gasteiger partial charge on any atom is -0.497 e. The van der Waals surface area contributed by atoms with Crippen LogP contribution in [0.4, 0.5) is 5.82 Å². The number of fused-ring (bicyclic) bond motifs is 1. The van der Waals surface area contributed by atoms with Crippen molar-refractivity contribution < 1.29 is 38.1 Å². The fourth-order valence-corrected chi connectivity index (χ4v) is 7.11. The van der Waals surface area contributed by atoms with Gasteiger partial charge in [0.1, 0.15) is 36.4 Å². The SMILES string of the molecule is CCCCCCCCC(=O)OC[C@H]1O[C@@H](n2ccc(NOC(c3ccccc3)(c3ccc(OC)cc3)c3ccc(OC)cc3)nc2=O)C2OC(C)(C)O[C@H]21. The van der Waals surface area contributed by atoms with Crippen molar-refractivity contribution in [2.45, 2.75) is 102 Å². The smallest absolute Gasteiger partial charge is 0.351 e. The zero-order valence-electron chi connectivity index (χ0n) is 31.7. The second-order valence-electron chi connectivity index (χ2n) is 14.0. The van der Waals surface area contributed by atoms with Gasteiger partial charge in [-0.2, -0.15) is 4.98 Å². The molecule has 3 aromatic carbocycles. The normalized spacial score (nSPS) is 20.3. The van der Waals surface area contributed by atoms with Gasteiger partial charge >= 0.3 is 11.7 Å². The Hall–Kier alpha value is -4.75. The lowest BCUT2D eigenvalue weighted by Crippen LogP contribution is -2.37. The number of nitrogens with zero attached hydrogens (tertiary/aromatic N) is 2. The average molecular weight is 742 g/mol. The van der Waals surface area contributed by atoms with Crippen molar-refractivity contribution in [3.8, 4) is 11.5 Å². The number of nitrogens with one attached hydrogen (secondary N) is 1. The molecule has 2 aliphatic heterocycles. The molecule has 54 heavy (non-hydrogen) atoms. The first kappa shape index (κ1) is 39.0. The van der Waals surface area contributed by atoms with Crippen LogP contribution >= 0.6 is 0 Å². The number of hydrogen-bond acceptors (Lipinski definition) is 11. The molecular weight excluding hydrogens is 690 g/mol. The maximum atomic E-state index is 13.7. The quantitative estimate of drug-likeness (QED) is 0.0477. The maximum Gasteiger partial charge on any atom is 0.351 e. The van der Waals surface area contributed by atoms with Gasteiger partial charge in [-0.15, -0.1) is 0 Å². The monoisotopic (exact) mass is 741 g/mol. The molecule has 0 spiro atoms. The Morgan fingerprint density at radius 1 is 0.815 bits per heavy atom. The molecule has 2 aliphatic rings. The van der Waals surface area contributed by atoms with Crippen molar-refractivity contribution in [3.63, 3.8) is 0 Å². The number of esters is 1. The van der Waals surface area contributed by atoms with Crippen molar-refractivity contribution in [2.75, 3.05) is 26.3 Å². The van der Waals surface area contributed by atoms with Crippen molar-refractivity contribution in [2.24, 2.45) is 0 Å². The molecule has 0 aliphatic carbocycles. The lowest BCUT2D eigenvalue weighted by atomic mass is 9.80. The molecule has 1 N–H and O–H groups in total. The van der Waals surface area contributed by atoms with E-state index in [9.17, 15) is 9.59 Å². The number of anilines is 1. The Labute approximate surface area is 316 Å². The van der Waals surface area contributed by atoms with E-state index in [0.29, 0.717) is 17.9 Å². The first-order chi connectivity index (χ1) is 26.2. The molecule has 0 radical (unpaired) electrons. The minimum atomic E-state index is -1.20. The predicted octanol–water partition coefficient (Wildman–Crippen LogP) is 7.31. The molecule has 4 atom stereocenters. The maximum absolute atomic E-state index is 13.7. The third-order valence-electron chi connectivity index (χ3n) is 9.85. The zero-order chi connectivity index (χ0) is 38.1. The molecule has 0 amide bonds. The summed E-state index contributed by atoms with van der Waals surface area (Å²) in [6.45, 7) is 5.78. The van der Waals surface area contributed by atoms with Crippen LogP contribution in [0.2, 0.25) is 0 Å². The third kappa shape index (κ3) is 8.79. The number of methoxy groups -OCH3 is 2. The Morgan fingerprint density at radius 3 is 2.02 bits per heavy atom. The first-order valence-electron chi connectivity index (χ1n) is 18.7. The van der Waals surface area contributed by atoms with E-state index in [1.165, 1.54) is 23.8 Å². The van der Waals surface area contributed by atoms with Gasteiger partial charge < -0.3 is 28.4 Å². The molecule has 12 nitrogen and oxygen atoms in total. The molecule has 1 aromatic heterocycles. The van der Waals surface area contributed by atoms with Gasteiger partial charge in [-0.25, -0.2) is 10.3 Å². The molecule has 2 saturated heterocycles. The number of carbonyl (C=O) groups excluding carboxylic acids is 1. The van der Waals surface area contributed by atoms with Gasteiger partial charge in [0.15, 0.2) is 23.4 Å². The highest BCUT2D eigenvalue weighted by molar-refractivity contribution is 5.69. The van der Waals surface area contributed by atoms with E-state index in [2.05, 4.69) is 17.4 Å². The van der Waals surface area contributed by atoms with Gasteiger partial charge in [-0.3, -0.25) is 14.2 Å². The predicted molar refractivity (Wildman–Crippen MR) is 202 cm³/mol. The topological polar surface area (TPSA) is 129 Å². The number of unbranched alkanes of at least 4 members (excludes halogenated alkanes) is 5. The molecule has 0 saturated carbocycles. The van der Waals surface area contributed by atoms with Crippen LogP contribution in [-0.2, 0) is 34.2 Å². The summed E-state index contributed by atoms with van der Waals surface area (Å²) < 4.78 is 36.6.